The van der Waals surface area contributed by atoms with Crippen molar-refractivity contribution >= 4 is 34.5 Å². The fourth-order valence-electron chi connectivity index (χ4n) is 3.97. The van der Waals surface area contributed by atoms with Gasteiger partial charge in [-0.1, -0.05) is 24.4 Å². The van der Waals surface area contributed by atoms with E-state index in [-0.39, 0.29) is 23.8 Å². The number of hydrazine groups is 3. The van der Waals surface area contributed by atoms with Gasteiger partial charge in [-0.05, 0) is 24.6 Å². The van der Waals surface area contributed by atoms with E-state index in [1.807, 2.05) is 18.2 Å². The van der Waals surface area contributed by atoms with Gasteiger partial charge in [0.05, 0.1) is 17.2 Å². The van der Waals surface area contributed by atoms with Crippen LogP contribution in [-0.2, 0) is 6.54 Å². The average molecular weight is 534 g/mol. The van der Waals surface area contributed by atoms with Crippen LogP contribution >= 0.6 is 12.2 Å². The van der Waals surface area contributed by atoms with Gasteiger partial charge in [0.15, 0.2) is 11.6 Å². The third-order valence-corrected chi connectivity index (χ3v) is 6.06. The fourth-order valence-corrected chi connectivity index (χ4v) is 4.04. The van der Waals surface area contributed by atoms with Gasteiger partial charge in [-0.3, -0.25) is 25.6 Å². The monoisotopic (exact) mass is 533 g/mol. The largest absolute Gasteiger partial charge is 0.399 e. The van der Waals surface area contributed by atoms with Crippen LogP contribution in [-0.4, -0.2) is 60.6 Å². The van der Waals surface area contributed by atoms with E-state index in [1.54, 1.807) is 17.9 Å². The summed E-state index contributed by atoms with van der Waals surface area (Å²) in [5, 5.41) is 5.15. The molecule has 1 aliphatic rings. The second-order valence-electron chi connectivity index (χ2n) is 8.74. The Balaban J connectivity index is 1.62. The summed E-state index contributed by atoms with van der Waals surface area (Å²) in [5.74, 6) is 9.59. The van der Waals surface area contributed by atoms with E-state index in [1.165, 1.54) is 30.4 Å². The topological polar surface area (TPSA) is 132 Å². The number of nitrogens with one attached hydrogen (secondary N) is 2. The Bertz CT molecular complexity index is 1130. The number of piperazine rings is 1. The first-order valence-electron chi connectivity index (χ1n) is 11.6. The normalized spacial score (nSPS) is 14.4. The van der Waals surface area contributed by atoms with Gasteiger partial charge < -0.3 is 16.0 Å². The van der Waals surface area contributed by atoms with Crippen LogP contribution in [0.3, 0.4) is 0 Å². The molecule has 0 aliphatic carbocycles. The SMILES string of the molecule is CC(=S)NC/C(N)=C/N(N)c1cc(F)c(N2CCN(Cc3cccc(C(=O)N(C)NN)c3)CC2)c(F)c1. The summed E-state index contributed by atoms with van der Waals surface area (Å²) in [6, 6.07) is 9.64. The summed E-state index contributed by atoms with van der Waals surface area (Å²) in [4.78, 5) is 16.7. The summed E-state index contributed by atoms with van der Waals surface area (Å²) in [6.07, 6.45) is 1.38. The van der Waals surface area contributed by atoms with Crippen LogP contribution in [0.1, 0.15) is 22.8 Å². The average Bonchev–Trinajstić information content (AvgIpc) is 2.87. The first kappa shape index (κ1) is 28.2. The first-order chi connectivity index (χ1) is 17.6. The highest BCUT2D eigenvalue weighted by atomic mass is 32.1. The molecule has 1 fully saturated rings. The molecule has 37 heavy (non-hydrogen) atoms. The van der Waals surface area contributed by atoms with Crippen molar-refractivity contribution in [1.82, 2.24) is 20.8 Å². The third-order valence-electron chi connectivity index (χ3n) is 5.91. The van der Waals surface area contributed by atoms with Gasteiger partial charge in [0.1, 0.15) is 5.69 Å². The van der Waals surface area contributed by atoms with E-state index in [4.69, 9.17) is 29.6 Å². The quantitative estimate of drug-likeness (QED) is 0.182. The van der Waals surface area contributed by atoms with Crippen LogP contribution in [0.2, 0.25) is 0 Å². The zero-order valence-electron chi connectivity index (χ0n) is 20.9. The van der Waals surface area contributed by atoms with Gasteiger partial charge in [0, 0.05) is 69.4 Å². The lowest BCUT2D eigenvalue weighted by Gasteiger charge is -2.36. The number of hydrogen-bond acceptors (Lipinski definition) is 9. The number of rotatable bonds is 9. The Labute approximate surface area is 220 Å². The Kier molecular flexibility index (Phi) is 9.72. The molecule has 8 N–H and O–H groups in total. The van der Waals surface area contributed by atoms with Crippen LogP contribution < -0.4 is 38.2 Å². The Morgan fingerprint density at radius 1 is 1.16 bits per heavy atom. The molecular formula is C24H33F2N9OS. The smallest absolute Gasteiger partial charge is 0.268 e. The van der Waals surface area contributed by atoms with E-state index >= 15 is 0 Å². The summed E-state index contributed by atoms with van der Waals surface area (Å²) < 4.78 is 30.0. The Morgan fingerprint density at radius 3 is 2.41 bits per heavy atom. The van der Waals surface area contributed by atoms with Crippen LogP contribution in [0.4, 0.5) is 20.2 Å². The molecule has 0 bridgehead atoms. The summed E-state index contributed by atoms with van der Waals surface area (Å²) in [7, 11) is 1.54. The zero-order valence-corrected chi connectivity index (χ0v) is 21.7. The molecule has 1 heterocycles. The molecule has 1 amide bonds. The molecule has 0 atom stereocenters. The van der Waals surface area contributed by atoms with Gasteiger partial charge in [-0.25, -0.2) is 14.6 Å². The van der Waals surface area contributed by atoms with Gasteiger partial charge >= 0.3 is 0 Å². The Hall–Kier alpha value is -3.36. The lowest BCUT2D eigenvalue weighted by molar-refractivity contribution is 0.0717. The second kappa shape index (κ2) is 12.7. The first-order valence-corrected chi connectivity index (χ1v) is 12.0. The fraction of sp³-hybridized carbons (Fsp3) is 0.333. The molecule has 13 heteroatoms. The minimum Gasteiger partial charge on any atom is -0.399 e. The molecule has 2 aromatic carbocycles. The highest BCUT2D eigenvalue weighted by molar-refractivity contribution is 7.80. The van der Waals surface area contributed by atoms with Crippen molar-refractivity contribution in [3.63, 3.8) is 0 Å². The number of thiocarbonyl (C=S) groups is 1. The van der Waals surface area contributed by atoms with Crippen molar-refractivity contribution in [2.24, 2.45) is 17.4 Å². The molecule has 0 radical (unpaired) electrons. The number of benzene rings is 2. The molecule has 0 spiro atoms. The molecular weight excluding hydrogens is 500 g/mol. The van der Waals surface area contributed by atoms with E-state index in [0.29, 0.717) is 49.0 Å². The summed E-state index contributed by atoms with van der Waals surface area (Å²) in [6.45, 7) is 4.65. The maximum Gasteiger partial charge on any atom is 0.268 e. The van der Waals surface area contributed by atoms with Crippen molar-refractivity contribution in [2.75, 3.05) is 49.7 Å². The maximum absolute atomic E-state index is 15.0. The molecule has 0 aromatic heterocycles. The van der Waals surface area contributed by atoms with Crippen molar-refractivity contribution in [3.05, 3.63) is 71.1 Å². The van der Waals surface area contributed by atoms with Gasteiger partial charge in [-0.2, -0.15) is 5.53 Å². The highest BCUT2D eigenvalue weighted by Gasteiger charge is 2.24. The number of amides is 1. The zero-order chi connectivity index (χ0) is 27.1. The lowest BCUT2D eigenvalue weighted by atomic mass is 10.1. The predicted octanol–water partition coefficient (Wildman–Crippen LogP) is 1.15. The van der Waals surface area contributed by atoms with Crippen molar-refractivity contribution in [1.29, 1.82) is 0 Å². The van der Waals surface area contributed by atoms with Crippen LogP contribution in [0.25, 0.3) is 0 Å². The second-order valence-corrected chi connectivity index (χ2v) is 9.35. The minimum atomic E-state index is -0.706. The standard InChI is InChI=1S/C24H33F2N9OS/c1-16(37)30-13-19(27)15-35(29)20-11-21(25)23(22(26)12-20)34-8-6-33(7-9-34)14-17-4-3-5-18(10-17)24(36)32(2)31-28/h3-5,10-12,15,31H,6-9,13-14,27-29H2,1-2H3,(H,30,37)/b19-15-. The molecule has 1 aliphatic heterocycles. The molecule has 3 rings (SSSR count). The number of halogens is 2. The summed E-state index contributed by atoms with van der Waals surface area (Å²) in [5.41, 5.74) is 10.0. The number of nitrogens with two attached hydrogens (primary N) is 3. The molecule has 1 saturated heterocycles. The molecule has 0 saturated carbocycles. The molecule has 2 aromatic rings. The third kappa shape index (κ3) is 7.57. The maximum atomic E-state index is 15.0. The van der Waals surface area contributed by atoms with Crippen LogP contribution in [0.15, 0.2) is 48.3 Å². The number of nitrogens with zero attached hydrogens (tertiary/aromatic N) is 4. The number of anilines is 2. The van der Waals surface area contributed by atoms with E-state index < -0.39 is 11.6 Å². The lowest BCUT2D eigenvalue weighted by Crippen LogP contribution is -2.46. The molecule has 0 unspecified atom stereocenters. The predicted molar refractivity (Wildman–Crippen MR) is 145 cm³/mol. The van der Waals surface area contributed by atoms with Crippen molar-refractivity contribution in [3.8, 4) is 0 Å². The minimum absolute atomic E-state index is 0.0864. The summed E-state index contributed by atoms with van der Waals surface area (Å²) >= 11 is 4.93. The van der Waals surface area contributed by atoms with Crippen molar-refractivity contribution in [2.45, 2.75) is 13.5 Å². The van der Waals surface area contributed by atoms with E-state index in [9.17, 15) is 13.6 Å². The van der Waals surface area contributed by atoms with E-state index in [0.717, 1.165) is 10.6 Å². The molecule has 200 valence electrons. The van der Waals surface area contributed by atoms with E-state index in [2.05, 4.69) is 15.8 Å². The van der Waals surface area contributed by atoms with Gasteiger partial charge in [-0.15, -0.1) is 0 Å². The number of carbonyl (C=O) groups excluding carboxylic acids is 1. The Morgan fingerprint density at radius 2 is 1.81 bits per heavy atom. The highest BCUT2D eigenvalue weighted by Crippen LogP contribution is 2.29. The van der Waals surface area contributed by atoms with Crippen LogP contribution in [0, 0.1) is 11.6 Å². The van der Waals surface area contributed by atoms with Crippen LogP contribution in [0.5, 0.6) is 0 Å². The number of carbonyl (C=O) groups is 1. The van der Waals surface area contributed by atoms with Crippen molar-refractivity contribution < 1.29 is 13.6 Å². The van der Waals surface area contributed by atoms with Gasteiger partial charge in [0.25, 0.3) is 5.91 Å². The molecule has 10 nitrogen and oxygen atoms in total. The van der Waals surface area contributed by atoms with Gasteiger partial charge in [0.2, 0.25) is 0 Å². The number of hydrogen-bond donors (Lipinski definition) is 5.